The predicted molar refractivity (Wildman–Crippen MR) is 64.6 cm³/mol. The molecule has 0 unspecified atom stereocenters. The summed E-state index contributed by atoms with van der Waals surface area (Å²) >= 11 is 0. The summed E-state index contributed by atoms with van der Waals surface area (Å²) in [4.78, 5) is 0. The summed E-state index contributed by atoms with van der Waals surface area (Å²) in [5, 5.41) is 1.25. The van der Waals surface area contributed by atoms with Gasteiger partial charge in [0.05, 0.1) is 0 Å². The third-order valence-electron chi connectivity index (χ3n) is 2.53. The van der Waals surface area contributed by atoms with Crippen LogP contribution in [0.1, 0.15) is 12.6 Å². The number of aromatic nitrogens is 1. The van der Waals surface area contributed by atoms with E-state index in [1.165, 1.54) is 16.6 Å². The SMILES string of the molecule is C=C(C)Cn1c(CN)cc2ccccc21. The Hall–Kier alpha value is -1.54. The second kappa shape index (κ2) is 3.91. The molecule has 0 amide bonds. The second-order valence-corrected chi connectivity index (χ2v) is 3.94. The summed E-state index contributed by atoms with van der Waals surface area (Å²) in [5.74, 6) is 0. The fraction of sp³-hybridized carbons (Fsp3) is 0.231. The first-order valence-corrected chi connectivity index (χ1v) is 5.14. The average molecular weight is 200 g/mol. The molecule has 1 aromatic heterocycles. The Morgan fingerprint density at radius 2 is 2.13 bits per heavy atom. The van der Waals surface area contributed by atoms with Crippen molar-refractivity contribution in [2.45, 2.75) is 20.0 Å². The van der Waals surface area contributed by atoms with E-state index < -0.39 is 0 Å². The minimum Gasteiger partial charge on any atom is -0.339 e. The number of nitrogens with two attached hydrogens (primary N) is 1. The van der Waals surface area contributed by atoms with Gasteiger partial charge in [0.1, 0.15) is 0 Å². The third kappa shape index (κ3) is 1.81. The molecule has 0 atom stereocenters. The maximum Gasteiger partial charge on any atom is 0.0485 e. The summed E-state index contributed by atoms with van der Waals surface area (Å²) in [7, 11) is 0. The molecule has 2 rings (SSSR count). The Morgan fingerprint density at radius 3 is 2.80 bits per heavy atom. The Kier molecular flexibility index (Phi) is 2.60. The molecule has 0 aliphatic heterocycles. The normalized spacial score (nSPS) is 10.8. The lowest BCUT2D eigenvalue weighted by Gasteiger charge is -2.08. The van der Waals surface area contributed by atoms with Crippen LogP contribution in [0.25, 0.3) is 10.9 Å². The van der Waals surface area contributed by atoms with Crippen molar-refractivity contribution >= 4 is 10.9 Å². The number of allylic oxidation sites excluding steroid dienone is 1. The van der Waals surface area contributed by atoms with Crippen molar-refractivity contribution < 1.29 is 0 Å². The van der Waals surface area contributed by atoms with Gasteiger partial charge in [0.25, 0.3) is 0 Å². The molecule has 0 aliphatic rings. The molecule has 2 heteroatoms. The van der Waals surface area contributed by atoms with E-state index in [9.17, 15) is 0 Å². The molecule has 0 bridgehead atoms. The highest BCUT2D eigenvalue weighted by molar-refractivity contribution is 5.81. The minimum atomic E-state index is 0.571. The second-order valence-electron chi connectivity index (χ2n) is 3.94. The molecule has 78 valence electrons. The molecule has 1 heterocycles. The van der Waals surface area contributed by atoms with Crippen molar-refractivity contribution in [2.75, 3.05) is 0 Å². The number of benzene rings is 1. The summed E-state index contributed by atoms with van der Waals surface area (Å²) in [5.41, 5.74) is 9.29. The van der Waals surface area contributed by atoms with E-state index in [4.69, 9.17) is 5.73 Å². The van der Waals surface area contributed by atoms with Crippen LogP contribution in [0.3, 0.4) is 0 Å². The first-order valence-electron chi connectivity index (χ1n) is 5.14. The van der Waals surface area contributed by atoms with E-state index in [-0.39, 0.29) is 0 Å². The number of nitrogens with zero attached hydrogens (tertiary/aromatic N) is 1. The van der Waals surface area contributed by atoms with Crippen molar-refractivity contribution in [1.82, 2.24) is 4.57 Å². The molecule has 15 heavy (non-hydrogen) atoms. The molecule has 0 radical (unpaired) electrons. The van der Waals surface area contributed by atoms with E-state index in [0.717, 1.165) is 12.1 Å². The average Bonchev–Trinajstić information content (AvgIpc) is 2.56. The van der Waals surface area contributed by atoms with Gasteiger partial charge in [-0.1, -0.05) is 30.4 Å². The van der Waals surface area contributed by atoms with Crippen LogP contribution in [-0.4, -0.2) is 4.57 Å². The quantitative estimate of drug-likeness (QED) is 0.759. The van der Waals surface area contributed by atoms with Gasteiger partial charge in [0, 0.05) is 24.3 Å². The van der Waals surface area contributed by atoms with Crippen LogP contribution in [0.2, 0.25) is 0 Å². The van der Waals surface area contributed by atoms with E-state index in [1.807, 2.05) is 13.0 Å². The highest BCUT2D eigenvalue weighted by Gasteiger charge is 2.06. The van der Waals surface area contributed by atoms with Crippen LogP contribution in [0.4, 0.5) is 0 Å². The summed E-state index contributed by atoms with van der Waals surface area (Å²) in [6.07, 6.45) is 0. The minimum absolute atomic E-state index is 0.571. The van der Waals surface area contributed by atoms with Crippen LogP contribution in [0, 0.1) is 0 Å². The Morgan fingerprint density at radius 1 is 1.40 bits per heavy atom. The first-order chi connectivity index (χ1) is 7.22. The molecule has 0 aliphatic carbocycles. The summed E-state index contributed by atoms with van der Waals surface area (Å²) < 4.78 is 2.23. The zero-order chi connectivity index (χ0) is 10.8. The molecule has 0 saturated carbocycles. The number of hydrogen-bond acceptors (Lipinski definition) is 1. The van der Waals surface area contributed by atoms with E-state index in [1.54, 1.807) is 0 Å². The zero-order valence-electron chi connectivity index (χ0n) is 9.03. The van der Waals surface area contributed by atoms with Crippen molar-refractivity contribution in [3.63, 3.8) is 0 Å². The van der Waals surface area contributed by atoms with Gasteiger partial charge in [-0.3, -0.25) is 0 Å². The molecule has 2 aromatic rings. The Balaban J connectivity index is 2.61. The van der Waals surface area contributed by atoms with Crippen LogP contribution in [-0.2, 0) is 13.1 Å². The molecule has 1 aromatic carbocycles. The molecular weight excluding hydrogens is 184 g/mol. The molecule has 0 spiro atoms. The van der Waals surface area contributed by atoms with Gasteiger partial charge < -0.3 is 10.3 Å². The molecule has 2 N–H and O–H groups in total. The van der Waals surface area contributed by atoms with Gasteiger partial charge >= 0.3 is 0 Å². The lowest BCUT2D eigenvalue weighted by molar-refractivity contribution is 0.758. The van der Waals surface area contributed by atoms with Gasteiger partial charge in [-0.15, -0.1) is 0 Å². The molecular formula is C13H16N2. The van der Waals surface area contributed by atoms with Gasteiger partial charge in [0.2, 0.25) is 0 Å². The van der Waals surface area contributed by atoms with Gasteiger partial charge in [0.15, 0.2) is 0 Å². The number of para-hydroxylation sites is 1. The van der Waals surface area contributed by atoms with Crippen LogP contribution in [0.5, 0.6) is 0 Å². The number of fused-ring (bicyclic) bond motifs is 1. The van der Waals surface area contributed by atoms with Crippen molar-refractivity contribution in [3.05, 3.63) is 48.2 Å². The largest absolute Gasteiger partial charge is 0.339 e. The highest BCUT2D eigenvalue weighted by atomic mass is 15.0. The van der Waals surface area contributed by atoms with Crippen LogP contribution in [0.15, 0.2) is 42.5 Å². The summed E-state index contributed by atoms with van der Waals surface area (Å²) in [6.45, 7) is 7.41. The number of rotatable bonds is 3. The third-order valence-corrected chi connectivity index (χ3v) is 2.53. The predicted octanol–water partition coefficient (Wildman–Crippen LogP) is 2.68. The Bertz CT molecular complexity index is 494. The van der Waals surface area contributed by atoms with Crippen molar-refractivity contribution in [3.8, 4) is 0 Å². The standard InChI is InChI=1S/C13H16N2/c1-10(2)9-15-12(8-14)7-11-5-3-4-6-13(11)15/h3-7H,1,8-9,14H2,2H3. The number of hydrogen-bond donors (Lipinski definition) is 1. The maximum atomic E-state index is 5.74. The summed E-state index contributed by atoms with van der Waals surface area (Å²) in [6, 6.07) is 10.5. The van der Waals surface area contributed by atoms with E-state index in [2.05, 4.69) is 35.4 Å². The lowest BCUT2D eigenvalue weighted by Crippen LogP contribution is -2.07. The van der Waals surface area contributed by atoms with Crippen LogP contribution >= 0.6 is 0 Å². The lowest BCUT2D eigenvalue weighted by atomic mass is 10.2. The smallest absolute Gasteiger partial charge is 0.0485 e. The van der Waals surface area contributed by atoms with E-state index in [0.29, 0.717) is 6.54 Å². The fourth-order valence-corrected chi connectivity index (χ4v) is 1.89. The molecule has 0 fully saturated rings. The van der Waals surface area contributed by atoms with Gasteiger partial charge in [-0.05, 0) is 24.4 Å². The van der Waals surface area contributed by atoms with Crippen molar-refractivity contribution in [2.24, 2.45) is 5.73 Å². The van der Waals surface area contributed by atoms with Gasteiger partial charge in [-0.25, -0.2) is 0 Å². The van der Waals surface area contributed by atoms with Crippen LogP contribution < -0.4 is 5.73 Å². The highest BCUT2D eigenvalue weighted by Crippen LogP contribution is 2.20. The first kappa shape index (κ1) is 9.99. The fourth-order valence-electron chi connectivity index (χ4n) is 1.89. The zero-order valence-corrected chi connectivity index (χ0v) is 9.03. The maximum absolute atomic E-state index is 5.74. The molecule has 2 nitrogen and oxygen atoms in total. The topological polar surface area (TPSA) is 30.9 Å². The molecule has 0 saturated heterocycles. The Labute approximate surface area is 90.0 Å². The van der Waals surface area contributed by atoms with E-state index >= 15 is 0 Å². The monoisotopic (exact) mass is 200 g/mol. The van der Waals surface area contributed by atoms with Crippen molar-refractivity contribution in [1.29, 1.82) is 0 Å². The van der Waals surface area contributed by atoms with Gasteiger partial charge in [-0.2, -0.15) is 0 Å².